The lowest BCUT2D eigenvalue weighted by Crippen LogP contribution is -2.35. The van der Waals surface area contributed by atoms with Gasteiger partial charge in [0, 0.05) is 17.8 Å². The molecular weight excluding hydrogens is 430 g/mol. The van der Waals surface area contributed by atoms with Crippen molar-refractivity contribution in [3.05, 3.63) is 96.7 Å². The molecule has 3 aromatic carbocycles. The van der Waals surface area contributed by atoms with Crippen LogP contribution in [0.4, 0.5) is 5.69 Å². The topological polar surface area (TPSA) is 96.4 Å². The molecule has 0 spiro atoms. The zero-order valence-electron chi connectivity index (χ0n) is 18.3. The molecule has 0 bridgehead atoms. The number of rotatable bonds is 8. The van der Waals surface area contributed by atoms with Gasteiger partial charge in [-0.2, -0.15) is 5.26 Å². The number of hydrogen-bond donors (Lipinski definition) is 0. The predicted molar refractivity (Wildman–Crippen MR) is 127 cm³/mol. The molecule has 0 saturated carbocycles. The van der Waals surface area contributed by atoms with E-state index in [9.17, 15) is 9.59 Å². The zero-order valence-corrected chi connectivity index (χ0v) is 18.3. The fourth-order valence-corrected chi connectivity index (χ4v) is 3.43. The smallest absolute Gasteiger partial charge is 0.339 e. The third kappa shape index (κ3) is 5.19. The zero-order chi connectivity index (χ0) is 23.8. The highest BCUT2D eigenvalue weighted by atomic mass is 16.5. The lowest BCUT2D eigenvalue weighted by atomic mass is 10.1. The minimum absolute atomic E-state index is 0.158. The SMILES string of the molecule is N#CCCN(C(=O)COC(=O)c1ccccc1-c1ncc(-c2ccccc2)o1)c1ccccc1. The molecule has 0 saturated heterocycles. The molecule has 1 amide bonds. The third-order valence-electron chi connectivity index (χ3n) is 5.08. The maximum atomic E-state index is 12.9. The molecule has 0 unspecified atom stereocenters. The maximum absolute atomic E-state index is 12.9. The molecule has 168 valence electrons. The molecule has 0 fully saturated rings. The number of aromatic nitrogens is 1. The van der Waals surface area contributed by atoms with Gasteiger partial charge in [-0.3, -0.25) is 4.79 Å². The number of benzene rings is 3. The number of para-hydroxylation sites is 1. The van der Waals surface area contributed by atoms with Crippen LogP contribution in [0, 0.1) is 11.3 Å². The number of esters is 1. The molecule has 4 aromatic rings. The van der Waals surface area contributed by atoms with E-state index in [-0.39, 0.29) is 24.4 Å². The van der Waals surface area contributed by atoms with Gasteiger partial charge in [0.1, 0.15) is 0 Å². The Hall–Kier alpha value is -4.70. The summed E-state index contributed by atoms with van der Waals surface area (Å²) in [7, 11) is 0. The molecule has 0 N–H and O–H groups in total. The Morgan fingerprint density at radius 3 is 2.35 bits per heavy atom. The molecule has 34 heavy (non-hydrogen) atoms. The van der Waals surface area contributed by atoms with Crippen LogP contribution in [-0.4, -0.2) is 30.0 Å². The van der Waals surface area contributed by atoms with Crippen LogP contribution in [0.1, 0.15) is 16.8 Å². The minimum Gasteiger partial charge on any atom is -0.452 e. The van der Waals surface area contributed by atoms with Crippen LogP contribution in [0.5, 0.6) is 0 Å². The number of anilines is 1. The molecule has 7 heteroatoms. The van der Waals surface area contributed by atoms with Crippen LogP contribution >= 0.6 is 0 Å². The molecule has 4 rings (SSSR count). The first kappa shape index (κ1) is 22.5. The molecule has 1 aromatic heterocycles. The number of carbonyl (C=O) groups is 2. The van der Waals surface area contributed by atoms with Gasteiger partial charge in [-0.1, -0.05) is 60.7 Å². The summed E-state index contributed by atoms with van der Waals surface area (Å²) in [6, 6.07) is 27.3. The number of carbonyl (C=O) groups excluding carboxylic acids is 2. The van der Waals surface area contributed by atoms with Crippen molar-refractivity contribution in [1.29, 1.82) is 5.26 Å². The van der Waals surface area contributed by atoms with E-state index in [0.29, 0.717) is 17.0 Å². The highest BCUT2D eigenvalue weighted by Gasteiger charge is 2.21. The number of nitriles is 1. The van der Waals surface area contributed by atoms with Gasteiger partial charge in [-0.25, -0.2) is 9.78 Å². The van der Waals surface area contributed by atoms with E-state index in [2.05, 4.69) is 4.98 Å². The van der Waals surface area contributed by atoms with Crippen LogP contribution in [0.15, 0.2) is 95.5 Å². The van der Waals surface area contributed by atoms with Gasteiger partial charge < -0.3 is 14.1 Å². The van der Waals surface area contributed by atoms with E-state index >= 15 is 0 Å². The van der Waals surface area contributed by atoms with Crippen molar-refractivity contribution in [3.63, 3.8) is 0 Å². The second kappa shape index (κ2) is 10.7. The van der Waals surface area contributed by atoms with E-state index in [1.54, 1.807) is 54.7 Å². The Morgan fingerprint density at radius 1 is 0.941 bits per heavy atom. The molecule has 1 heterocycles. The highest BCUT2D eigenvalue weighted by molar-refractivity contribution is 5.99. The number of ether oxygens (including phenoxy) is 1. The van der Waals surface area contributed by atoms with Gasteiger partial charge in [0.25, 0.3) is 5.91 Å². The standard InChI is InChI=1S/C27H21N3O4/c28-16-9-17-30(21-12-5-2-6-13-21)25(31)19-33-27(32)23-15-8-7-14-22(23)26-29-18-24(34-26)20-10-3-1-4-11-20/h1-8,10-15,18H,9,17,19H2. The summed E-state index contributed by atoms with van der Waals surface area (Å²) in [5, 5.41) is 8.94. The quantitative estimate of drug-likeness (QED) is 0.345. The third-order valence-corrected chi connectivity index (χ3v) is 5.08. The Labute approximate surface area is 196 Å². The Morgan fingerprint density at radius 2 is 1.62 bits per heavy atom. The van der Waals surface area contributed by atoms with E-state index < -0.39 is 18.5 Å². The molecule has 0 aliphatic rings. The number of hydrogen-bond acceptors (Lipinski definition) is 6. The van der Waals surface area contributed by atoms with E-state index in [0.717, 1.165) is 5.56 Å². The molecule has 7 nitrogen and oxygen atoms in total. The lowest BCUT2D eigenvalue weighted by molar-refractivity contribution is -0.121. The number of oxazole rings is 1. The molecule has 0 radical (unpaired) electrons. The summed E-state index contributed by atoms with van der Waals surface area (Å²) in [5.74, 6) is -0.242. The summed E-state index contributed by atoms with van der Waals surface area (Å²) in [4.78, 5) is 31.4. The summed E-state index contributed by atoms with van der Waals surface area (Å²) < 4.78 is 11.2. The fourth-order valence-electron chi connectivity index (χ4n) is 3.43. The number of nitrogens with zero attached hydrogens (tertiary/aromatic N) is 3. The van der Waals surface area contributed by atoms with Gasteiger partial charge in [-0.15, -0.1) is 0 Å². The highest BCUT2D eigenvalue weighted by Crippen LogP contribution is 2.28. The average molecular weight is 451 g/mol. The minimum atomic E-state index is -0.670. The molecule has 0 aliphatic carbocycles. The first-order valence-electron chi connectivity index (χ1n) is 10.7. The van der Waals surface area contributed by atoms with Crippen molar-refractivity contribution in [1.82, 2.24) is 4.98 Å². The average Bonchev–Trinajstić information content (AvgIpc) is 3.39. The first-order chi connectivity index (χ1) is 16.7. The van der Waals surface area contributed by atoms with E-state index in [4.69, 9.17) is 14.4 Å². The normalized spacial score (nSPS) is 10.3. The van der Waals surface area contributed by atoms with Gasteiger partial charge in [-0.05, 0) is 24.3 Å². The first-order valence-corrected chi connectivity index (χ1v) is 10.7. The lowest BCUT2D eigenvalue weighted by Gasteiger charge is -2.21. The van der Waals surface area contributed by atoms with Crippen LogP contribution in [0.25, 0.3) is 22.8 Å². The monoisotopic (exact) mass is 451 g/mol. The van der Waals surface area contributed by atoms with E-state index in [1.165, 1.54) is 4.90 Å². The van der Waals surface area contributed by atoms with Crippen molar-refractivity contribution in [2.24, 2.45) is 0 Å². The van der Waals surface area contributed by atoms with Crippen molar-refractivity contribution < 1.29 is 18.7 Å². The Balaban J connectivity index is 1.50. The van der Waals surface area contributed by atoms with Crippen LogP contribution in [0.2, 0.25) is 0 Å². The summed E-state index contributed by atoms with van der Waals surface area (Å²) >= 11 is 0. The Bertz CT molecular complexity index is 1310. The van der Waals surface area contributed by atoms with Crippen molar-refractivity contribution in [2.75, 3.05) is 18.1 Å². The van der Waals surface area contributed by atoms with Gasteiger partial charge >= 0.3 is 5.97 Å². The van der Waals surface area contributed by atoms with Crippen LogP contribution in [-0.2, 0) is 9.53 Å². The van der Waals surface area contributed by atoms with Crippen LogP contribution < -0.4 is 4.90 Å². The van der Waals surface area contributed by atoms with Gasteiger partial charge in [0.05, 0.1) is 29.8 Å². The van der Waals surface area contributed by atoms with Crippen molar-refractivity contribution in [3.8, 4) is 28.8 Å². The molecule has 0 aliphatic heterocycles. The summed E-state index contributed by atoms with van der Waals surface area (Å²) in [6.45, 7) is -0.263. The Kier molecular flexibility index (Phi) is 7.11. The van der Waals surface area contributed by atoms with Gasteiger partial charge in [0.15, 0.2) is 12.4 Å². The van der Waals surface area contributed by atoms with Crippen LogP contribution in [0.3, 0.4) is 0 Å². The second-order valence-electron chi connectivity index (χ2n) is 7.31. The second-order valence-corrected chi connectivity index (χ2v) is 7.31. The summed E-state index contributed by atoms with van der Waals surface area (Å²) in [5.41, 5.74) is 2.20. The fraction of sp³-hybridized carbons (Fsp3) is 0.111. The number of amides is 1. The largest absolute Gasteiger partial charge is 0.452 e. The van der Waals surface area contributed by atoms with Gasteiger partial charge in [0.2, 0.25) is 5.89 Å². The van der Waals surface area contributed by atoms with Crippen molar-refractivity contribution in [2.45, 2.75) is 6.42 Å². The van der Waals surface area contributed by atoms with Crippen molar-refractivity contribution >= 4 is 17.6 Å². The maximum Gasteiger partial charge on any atom is 0.339 e. The molecule has 0 atom stereocenters. The molecular formula is C27H21N3O4. The predicted octanol–water partition coefficient (Wildman–Crippen LogP) is 5.11. The van der Waals surface area contributed by atoms with E-state index in [1.807, 2.05) is 42.5 Å². The summed E-state index contributed by atoms with van der Waals surface area (Å²) in [6.07, 6.45) is 1.76.